The molecule has 6 nitrogen and oxygen atoms in total. The van der Waals surface area contributed by atoms with Gasteiger partial charge in [-0.1, -0.05) is 19.4 Å². The van der Waals surface area contributed by atoms with Gasteiger partial charge in [0, 0.05) is 44.0 Å². The number of aryl methyl sites for hydroxylation is 2. The van der Waals surface area contributed by atoms with Gasteiger partial charge in [0.1, 0.15) is 11.6 Å². The monoisotopic (exact) mass is 393 g/mol. The maximum Gasteiger partial charge on any atom is 0.222 e. The molecule has 0 unspecified atom stereocenters. The van der Waals surface area contributed by atoms with E-state index in [1.807, 2.05) is 30.0 Å². The molecule has 0 bridgehead atoms. The van der Waals surface area contributed by atoms with Crippen LogP contribution in [0.25, 0.3) is 0 Å². The normalized spacial score (nSPS) is 19.0. The van der Waals surface area contributed by atoms with E-state index in [9.17, 15) is 4.79 Å². The van der Waals surface area contributed by atoms with Crippen molar-refractivity contribution in [1.82, 2.24) is 19.9 Å². The van der Waals surface area contributed by atoms with E-state index in [0.29, 0.717) is 13.0 Å². The molecule has 29 heavy (non-hydrogen) atoms. The number of aromatic nitrogens is 3. The number of piperidine rings is 2. The summed E-state index contributed by atoms with van der Waals surface area (Å²) in [4.78, 5) is 30.6. The van der Waals surface area contributed by atoms with Crippen molar-refractivity contribution in [3.05, 3.63) is 47.7 Å². The van der Waals surface area contributed by atoms with Gasteiger partial charge >= 0.3 is 0 Å². The van der Waals surface area contributed by atoms with Gasteiger partial charge in [0.25, 0.3) is 0 Å². The zero-order valence-corrected chi connectivity index (χ0v) is 17.6. The summed E-state index contributed by atoms with van der Waals surface area (Å²) < 4.78 is 0. The van der Waals surface area contributed by atoms with E-state index < -0.39 is 0 Å². The fourth-order valence-electron chi connectivity index (χ4n) is 4.71. The van der Waals surface area contributed by atoms with Crippen LogP contribution in [0, 0.1) is 12.3 Å². The molecule has 2 saturated heterocycles. The fraction of sp³-hybridized carbons (Fsp3) is 0.565. The highest BCUT2D eigenvalue weighted by Crippen LogP contribution is 2.41. The van der Waals surface area contributed by atoms with Crippen LogP contribution in [0.2, 0.25) is 0 Å². The third-order valence-corrected chi connectivity index (χ3v) is 6.36. The number of hydrogen-bond donors (Lipinski definition) is 0. The molecule has 2 aromatic rings. The van der Waals surface area contributed by atoms with E-state index in [1.165, 1.54) is 0 Å². The van der Waals surface area contributed by atoms with Gasteiger partial charge in [0.15, 0.2) is 0 Å². The third-order valence-electron chi connectivity index (χ3n) is 6.36. The van der Waals surface area contributed by atoms with Gasteiger partial charge in [-0.05, 0) is 50.2 Å². The number of likely N-dealkylation sites (tertiary alicyclic amines) is 1. The number of rotatable bonds is 5. The Morgan fingerprint density at radius 1 is 1.10 bits per heavy atom. The smallest absolute Gasteiger partial charge is 0.222 e. The maximum atomic E-state index is 12.5. The van der Waals surface area contributed by atoms with Crippen molar-refractivity contribution >= 4 is 11.7 Å². The second-order valence-corrected chi connectivity index (χ2v) is 8.57. The highest BCUT2D eigenvalue weighted by Gasteiger charge is 2.41. The summed E-state index contributed by atoms with van der Waals surface area (Å²) in [6.45, 7) is 7.62. The summed E-state index contributed by atoms with van der Waals surface area (Å²) in [6, 6.07) is 8.07. The molecular weight excluding hydrogens is 362 g/mol. The third kappa shape index (κ3) is 4.57. The Labute approximate surface area is 173 Å². The number of hydrogen-bond acceptors (Lipinski definition) is 5. The molecule has 154 valence electrons. The predicted octanol–water partition coefficient (Wildman–Crippen LogP) is 3.54. The van der Waals surface area contributed by atoms with Crippen LogP contribution < -0.4 is 4.90 Å². The molecule has 2 aromatic heterocycles. The summed E-state index contributed by atoms with van der Waals surface area (Å²) >= 11 is 0. The first kappa shape index (κ1) is 19.8. The van der Waals surface area contributed by atoms with E-state index in [-0.39, 0.29) is 11.3 Å². The van der Waals surface area contributed by atoms with Gasteiger partial charge < -0.3 is 9.80 Å². The fourth-order valence-corrected chi connectivity index (χ4v) is 4.71. The molecule has 0 saturated carbocycles. The van der Waals surface area contributed by atoms with Crippen molar-refractivity contribution in [3.63, 3.8) is 0 Å². The van der Waals surface area contributed by atoms with Gasteiger partial charge in [-0.15, -0.1) is 0 Å². The Morgan fingerprint density at radius 2 is 1.93 bits per heavy atom. The summed E-state index contributed by atoms with van der Waals surface area (Å²) in [7, 11) is 0. The van der Waals surface area contributed by atoms with Crippen molar-refractivity contribution in [2.45, 2.75) is 58.9 Å². The standard InChI is InChI=1S/C23H31N5O/c1-3-6-19-15-21(26-18(2)25-19)27-13-10-23(11-14-27)9-8-22(29)28(17-23)16-20-7-4-5-12-24-20/h4-5,7,12,15H,3,6,8-11,13-14,16-17H2,1-2H3. The molecule has 1 amide bonds. The lowest BCUT2D eigenvalue weighted by Gasteiger charge is -2.47. The van der Waals surface area contributed by atoms with E-state index in [4.69, 9.17) is 4.98 Å². The Bertz CT molecular complexity index is 846. The number of pyridine rings is 1. The van der Waals surface area contributed by atoms with Crippen LogP contribution in [-0.2, 0) is 17.8 Å². The first-order valence-electron chi connectivity index (χ1n) is 10.8. The van der Waals surface area contributed by atoms with Crippen LogP contribution in [0.15, 0.2) is 30.5 Å². The average molecular weight is 394 g/mol. The van der Waals surface area contributed by atoms with Crippen LogP contribution in [0.5, 0.6) is 0 Å². The Kier molecular flexibility index (Phi) is 5.79. The van der Waals surface area contributed by atoms with Crippen LogP contribution >= 0.6 is 0 Å². The molecule has 0 aliphatic carbocycles. The van der Waals surface area contributed by atoms with Crippen molar-refractivity contribution < 1.29 is 4.79 Å². The topological polar surface area (TPSA) is 62.2 Å². The minimum atomic E-state index is 0.230. The highest BCUT2D eigenvalue weighted by molar-refractivity contribution is 5.77. The van der Waals surface area contributed by atoms with Crippen molar-refractivity contribution in [1.29, 1.82) is 0 Å². The largest absolute Gasteiger partial charge is 0.356 e. The summed E-state index contributed by atoms with van der Waals surface area (Å²) in [6.07, 6.45) is 7.76. The van der Waals surface area contributed by atoms with E-state index >= 15 is 0 Å². The molecule has 0 aromatic carbocycles. The number of anilines is 1. The molecule has 2 fully saturated rings. The van der Waals surface area contributed by atoms with Crippen LogP contribution in [-0.4, -0.2) is 45.4 Å². The zero-order chi connectivity index (χ0) is 20.3. The SMILES string of the molecule is CCCc1cc(N2CCC3(CCC(=O)N(Cc4ccccn4)C3)CC2)nc(C)n1. The second-order valence-electron chi connectivity index (χ2n) is 8.57. The molecule has 1 spiro atoms. The lowest BCUT2D eigenvalue weighted by Crippen LogP contribution is -2.51. The molecule has 4 heterocycles. The lowest BCUT2D eigenvalue weighted by atomic mass is 9.72. The molecule has 0 atom stereocenters. The molecule has 2 aliphatic heterocycles. The summed E-state index contributed by atoms with van der Waals surface area (Å²) in [5, 5.41) is 0. The van der Waals surface area contributed by atoms with Crippen LogP contribution in [0.1, 0.15) is 56.2 Å². The van der Waals surface area contributed by atoms with Crippen molar-refractivity contribution in [2.24, 2.45) is 5.41 Å². The van der Waals surface area contributed by atoms with E-state index in [1.54, 1.807) is 6.20 Å². The van der Waals surface area contributed by atoms with E-state index in [0.717, 1.165) is 74.8 Å². The first-order chi connectivity index (χ1) is 14.1. The van der Waals surface area contributed by atoms with E-state index in [2.05, 4.69) is 27.9 Å². The minimum Gasteiger partial charge on any atom is -0.356 e. The summed E-state index contributed by atoms with van der Waals surface area (Å²) in [5.74, 6) is 2.18. The number of carbonyl (C=O) groups is 1. The van der Waals surface area contributed by atoms with Crippen LogP contribution in [0.3, 0.4) is 0 Å². The molecule has 2 aliphatic rings. The number of carbonyl (C=O) groups excluding carboxylic acids is 1. The Balaban J connectivity index is 1.42. The Morgan fingerprint density at radius 3 is 2.66 bits per heavy atom. The number of amides is 1. The molecular formula is C23H31N5O. The zero-order valence-electron chi connectivity index (χ0n) is 17.6. The Hall–Kier alpha value is -2.50. The highest BCUT2D eigenvalue weighted by atomic mass is 16.2. The molecule has 0 N–H and O–H groups in total. The lowest BCUT2D eigenvalue weighted by molar-refractivity contribution is -0.139. The average Bonchev–Trinajstić information content (AvgIpc) is 2.72. The van der Waals surface area contributed by atoms with Gasteiger partial charge in [0.05, 0.1) is 12.2 Å². The number of nitrogens with zero attached hydrogens (tertiary/aromatic N) is 5. The van der Waals surface area contributed by atoms with Gasteiger partial charge in [-0.3, -0.25) is 9.78 Å². The second kappa shape index (κ2) is 8.47. The van der Waals surface area contributed by atoms with Gasteiger partial charge in [0.2, 0.25) is 5.91 Å². The van der Waals surface area contributed by atoms with Crippen molar-refractivity contribution in [3.8, 4) is 0 Å². The first-order valence-corrected chi connectivity index (χ1v) is 10.8. The summed E-state index contributed by atoms with van der Waals surface area (Å²) in [5.41, 5.74) is 2.34. The quantitative estimate of drug-likeness (QED) is 0.777. The maximum absolute atomic E-state index is 12.5. The van der Waals surface area contributed by atoms with Crippen LogP contribution in [0.4, 0.5) is 5.82 Å². The van der Waals surface area contributed by atoms with Gasteiger partial charge in [-0.25, -0.2) is 9.97 Å². The molecule has 6 heteroatoms. The predicted molar refractivity (Wildman–Crippen MR) is 114 cm³/mol. The van der Waals surface area contributed by atoms with Crippen molar-refractivity contribution in [2.75, 3.05) is 24.5 Å². The van der Waals surface area contributed by atoms with Gasteiger partial charge in [-0.2, -0.15) is 0 Å². The molecule has 0 radical (unpaired) electrons. The minimum absolute atomic E-state index is 0.230. The molecule has 4 rings (SSSR count).